The van der Waals surface area contributed by atoms with Crippen LogP contribution in [-0.4, -0.2) is 59.9 Å². The largest absolute Gasteiger partial charge is 0.463 e. The number of likely N-dealkylation sites (N-methyl/N-ethyl adjacent to an activating group) is 1. The van der Waals surface area contributed by atoms with Gasteiger partial charge in [-0.3, -0.25) is 4.99 Å². The van der Waals surface area contributed by atoms with Crippen LogP contribution in [0.1, 0.15) is 30.0 Å². The van der Waals surface area contributed by atoms with Crippen molar-refractivity contribution in [3.63, 3.8) is 0 Å². The summed E-state index contributed by atoms with van der Waals surface area (Å²) in [5, 5.41) is 2.70. The van der Waals surface area contributed by atoms with E-state index in [1.165, 1.54) is 23.5 Å². The molecule has 0 unspecified atom stereocenters. The number of aromatic nitrogens is 1. The number of nitrogens with zero attached hydrogens (tertiary/aromatic N) is 4. The fourth-order valence-electron chi connectivity index (χ4n) is 3.84. The van der Waals surface area contributed by atoms with E-state index in [-0.39, 0.29) is 24.4 Å². The SMILES string of the molecule is CCOC(=O)C1=C2C[C@@H](N(C)C)CN2C(c2nccs2)=N[C@H]1c1ccc(F)cc1Br. The summed E-state index contributed by atoms with van der Waals surface area (Å²) in [6, 6.07) is 4.07. The number of carbonyl (C=O) groups excluding carboxylic acids is 1. The van der Waals surface area contributed by atoms with E-state index in [1.54, 1.807) is 19.2 Å². The molecule has 6 nitrogen and oxygen atoms in total. The second-order valence-electron chi connectivity index (χ2n) is 7.37. The molecule has 2 aromatic rings. The molecule has 1 aromatic carbocycles. The highest BCUT2D eigenvalue weighted by Gasteiger charge is 2.42. The lowest BCUT2D eigenvalue weighted by Gasteiger charge is -2.32. The van der Waals surface area contributed by atoms with Crippen molar-refractivity contribution in [3.8, 4) is 0 Å². The minimum Gasteiger partial charge on any atom is -0.463 e. The van der Waals surface area contributed by atoms with Crippen LogP contribution >= 0.6 is 27.3 Å². The molecule has 158 valence electrons. The molecule has 3 heterocycles. The van der Waals surface area contributed by atoms with Crippen LogP contribution in [0.5, 0.6) is 0 Å². The Hall–Kier alpha value is -2.10. The lowest BCUT2D eigenvalue weighted by molar-refractivity contribution is -0.139. The zero-order valence-electron chi connectivity index (χ0n) is 16.9. The second kappa shape index (κ2) is 8.56. The predicted octanol–water partition coefficient (Wildman–Crippen LogP) is 4.00. The zero-order valence-corrected chi connectivity index (χ0v) is 19.3. The van der Waals surface area contributed by atoms with Crippen molar-refractivity contribution in [2.45, 2.75) is 25.4 Å². The maximum atomic E-state index is 13.8. The van der Waals surface area contributed by atoms with Gasteiger partial charge in [0.2, 0.25) is 0 Å². The quantitative estimate of drug-likeness (QED) is 0.590. The van der Waals surface area contributed by atoms with E-state index in [2.05, 4.69) is 30.7 Å². The number of carbonyl (C=O) groups is 1. The molecule has 2 atom stereocenters. The van der Waals surface area contributed by atoms with E-state index in [0.717, 1.165) is 16.5 Å². The van der Waals surface area contributed by atoms with Crippen molar-refractivity contribution in [3.05, 3.63) is 61.9 Å². The molecular formula is C21H22BrFN4O2S. The minimum atomic E-state index is -0.606. The molecule has 0 saturated carbocycles. The van der Waals surface area contributed by atoms with Crippen molar-refractivity contribution in [1.82, 2.24) is 14.8 Å². The van der Waals surface area contributed by atoms with E-state index in [9.17, 15) is 9.18 Å². The third-order valence-electron chi connectivity index (χ3n) is 5.35. The van der Waals surface area contributed by atoms with Gasteiger partial charge in [-0.1, -0.05) is 22.0 Å². The molecule has 0 amide bonds. The number of hydrogen-bond acceptors (Lipinski definition) is 7. The number of amidine groups is 1. The number of esters is 1. The molecule has 1 saturated heterocycles. The lowest BCUT2D eigenvalue weighted by Crippen LogP contribution is -2.37. The van der Waals surface area contributed by atoms with Gasteiger partial charge in [0.25, 0.3) is 0 Å². The number of benzene rings is 1. The molecular weight excluding hydrogens is 471 g/mol. The smallest absolute Gasteiger partial charge is 0.338 e. The van der Waals surface area contributed by atoms with Crippen molar-refractivity contribution in [2.24, 2.45) is 4.99 Å². The van der Waals surface area contributed by atoms with Crippen LogP contribution in [0.3, 0.4) is 0 Å². The normalized spacial score (nSPS) is 21.1. The molecule has 0 bridgehead atoms. The molecule has 30 heavy (non-hydrogen) atoms. The van der Waals surface area contributed by atoms with Gasteiger partial charge in [-0.2, -0.15) is 0 Å². The zero-order chi connectivity index (χ0) is 21.4. The summed E-state index contributed by atoms with van der Waals surface area (Å²) >= 11 is 4.96. The van der Waals surface area contributed by atoms with Crippen molar-refractivity contribution < 1.29 is 13.9 Å². The minimum absolute atomic E-state index is 0.227. The number of hydrogen-bond donors (Lipinski definition) is 0. The van der Waals surface area contributed by atoms with E-state index in [4.69, 9.17) is 9.73 Å². The number of thiazole rings is 1. The molecule has 0 spiro atoms. The predicted molar refractivity (Wildman–Crippen MR) is 118 cm³/mol. The highest BCUT2D eigenvalue weighted by atomic mass is 79.9. The monoisotopic (exact) mass is 492 g/mol. The van der Waals surface area contributed by atoms with Crippen molar-refractivity contribution in [2.75, 3.05) is 27.2 Å². The molecule has 4 rings (SSSR count). The summed E-state index contributed by atoms with van der Waals surface area (Å²) in [6.45, 7) is 2.77. The van der Waals surface area contributed by atoms with Gasteiger partial charge in [0.15, 0.2) is 10.8 Å². The molecule has 0 radical (unpaired) electrons. The summed E-state index contributed by atoms with van der Waals surface area (Å²) in [4.78, 5) is 26.7. The highest BCUT2D eigenvalue weighted by Crippen LogP contribution is 2.43. The summed E-state index contributed by atoms with van der Waals surface area (Å²) in [5.74, 6) is -0.00948. The average Bonchev–Trinajstić information content (AvgIpc) is 3.37. The van der Waals surface area contributed by atoms with E-state index in [0.29, 0.717) is 28.6 Å². The van der Waals surface area contributed by atoms with Gasteiger partial charge in [-0.25, -0.2) is 14.2 Å². The van der Waals surface area contributed by atoms with Crippen LogP contribution in [0, 0.1) is 5.82 Å². The Labute approximate surface area is 187 Å². The number of halogens is 2. The number of fused-ring (bicyclic) bond motifs is 1. The first-order valence-corrected chi connectivity index (χ1v) is 11.3. The molecule has 9 heteroatoms. The number of aliphatic imine (C=N–C) groups is 1. The van der Waals surface area contributed by atoms with E-state index < -0.39 is 6.04 Å². The van der Waals surface area contributed by atoms with Crippen LogP contribution in [0.15, 0.2) is 50.5 Å². The summed E-state index contributed by atoms with van der Waals surface area (Å²) in [5.41, 5.74) is 2.12. The maximum absolute atomic E-state index is 13.8. The Morgan fingerprint density at radius 3 is 2.87 bits per heavy atom. The third kappa shape index (κ3) is 3.81. The van der Waals surface area contributed by atoms with Crippen LogP contribution in [0.2, 0.25) is 0 Å². The molecule has 2 aliphatic heterocycles. The van der Waals surface area contributed by atoms with Gasteiger partial charge in [-0.05, 0) is 38.7 Å². The van der Waals surface area contributed by atoms with Gasteiger partial charge < -0.3 is 14.5 Å². The molecule has 0 aliphatic carbocycles. The maximum Gasteiger partial charge on any atom is 0.338 e. The molecule has 0 N–H and O–H groups in total. The fraction of sp³-hybridized carbons (Fsp3) is 0.381. The Morgan fingerprint density at radius 1 is 1.43 bits per heavy atom. The topological polar surface area (TPSA) is 58.0 Å². The Morgan fingerprint density at radius 2 is 2.23 bits per heavy atom. The summed E-state index contributed by atoms with van der Waals surface area (Å²) < 4.78 is 19.7. The van der Waals surface area contributed by atoms with Crippen LogP contribution in [-0.2, 0) is 9.53 Å². The molecule has 1 aromatic heterocycles. The first kappa shape index (κ1) is 21.1. The van der Waals surface area contributed by atoms with Gasteiger partial charge in [0.1, 0.15) is 11.9 Å². The Balaban J connectivity index is 1.91. The standard InChI is InChI=1S/C21H22BrFN4O2S/c1-4-29-21(28)17-16-10-13(26(2)3)11-27(16)19(20-24-7-8-30-20)25-18(17)14-6-5-12(23)9-15(14)22/h5-9,13,18H,4,10-11H2,1-3H3/t13-,18+/m1/s1. The van der Waals surface area contributed by atoms with Crippen molar-refractivity contribution in [1.29, 1.82) is 0 Å². The van der Waals surface area contributed by atoms with E-state index in [1.807, 2.05) is 19.5 Å². The van der Waals surface area contributed by atoms with Crippen molar-refractivity contribution >= 4 is 39.1 Å². The average molecular weight is 493 g/mol. The van der Waals surface area contributed by atoms with Gasteiger partial charge in [0.05, 0.1) is 12.2 Å². The lowest BCUT2D eigenvalue weighted by atomic mass is 9.94. The number of ether oxygens (including phenoxy) is 1. The first-order valence-electron chi connectivity index (χ1n) is 9.67. The highest BCUT2D eigenvalue weighted by molar-refractivity contribution is 9.10. The summed E-state index contributed by atoms with van der Waals surface area (Å²) in [6.07, 6.45) is 2.44. The van der Waals surface area contributed by atoms with E-state index >= 15 is 0 Å². The Kier molecular flexibility index (Phi) is 6.04. The van der Waals surface area contributed by atoms with Gasteiger partial charge in [-0.15, -0.1) is 11.3 Å². The van der Waals surface area contributed by atoms with Crippen LogP contribution in [0.4, 0.5) is 4.39 Å². The van der Waals surface area contributed by atoms with Crippen LogP contribution in [0.25, 0.3) is 0 Å². The fourth-order valence-corrected chi connectivity index (χ4v) is 5.05. The van der Waals surface area contributed by atoms with Gasteiger partial charge >= 0.3 is 5.97 Å². The number of rotatable bonds is 5. The Bertz CT molecular complexity index is 1020. The van der Waals surface area contributed by atoms with Crippen LogP contribution < -0.4 is 0 Å². The van der Waals surface area contributed by atoms with Gasteiger partial charge in [0, 0.05) is 40.8 Å². The molecule has 2 aliphatic rings. The third-order valence-corrected chi connectivity index (χ3v) is 6.80. The molecule has 1 fully saturated rings. The summed E-state index contributed by atoms with van der Waals surface area (Å²) in [7, 11) is 4.06. The second-order valence-corrected chi connectivity index (χ2v) is 9.12. The first-order chi connectivity index (χ1) is 14.4.